The van der Waals surface area contributed by atoms with Crippen LogP contribution in [-0.2, 0) is 13.6 Å². The van der Waals surface area contributed by atoms with Crippen LogP contribution in [0.2, 0.25) is 0 Å². The summed E-state index contributed by atoms with van der Waals surface area (Å²) in [6.45, 7) is 0.441. The predicted molar refractivity (Wildman–Crippen MR) is 86.1 cm³/mol. The van der Waals surface area contributed by atoms with Crippen molar-refractivity contribution in [2.75, 3.05) is 5.32 Å². The third-order valence-electron chi connectivity index (χ3n) is 3.32. The number of aliphatic imine (C=N–C) groups is 1. The van der Waals surface area contributed by atoms with Gasteiger partial charge in [0.25, 0.3) is 0 Å². The summed E-state index contributed by atoms with van der Waals surface area (Å²) in [6.07, 6.45) is 0. The molecular formula is C16H17N5. The molecule has 0 aliphatic heterocycles. The van der Waals surface area contributed by atoms with Gasteiger partial charge in [-0.1, -0.05) is 30.3 Å². The van der Waals surface area contributed by atoms with Gasteiger partial charge in [0.1, 0.15) is 12.4 Å². The van der Waals surface area contributed by atoms with Crippen molar-refractivity contribution in [1.82, 2.24) is 9.55 Å². The monoisotopic (exact) mass is 279 g/mol. The third-order valence-corrected chi connectivity index (χ3v) is 3.32. The summed E-state index contributed by atoms with van der Waals surface area (Å²) in [5.41, 5.74) is 8.89. The number of aromatic nitrogens is 2. The average Bonchev–Trinajstić information content (AvgIpc) is 2.83. The van der Waals surface area contributed by atoms with Gasteiger partial charge in [-0.2, -0.15) is 0 Å². The Labute approximate surface area is 123 Å². The fourth-order valence-electron chi connectivity index (χ4n) is 2.20. The number of imidazole rings is 1. The quantitative estimate of drug-likeness (QED) is 0.572. The molecule has 3 aromatic rings. The molecule has 3 N–H and O–H groups in total. The smallest absolute Gasteiger partial charge is 0.193 e. The molecule has 0 spiro atoms. The van der Waals surface area contributed by atoms with Gasteiger partial charge in [-0.3, -0.25) is 0 Å². The van der Waals surface area contributed by atoms with Gasteiger partial charge in [-0.25, -0.2) is 9.98 Å². The van der Waals surface area contributed by atoms with Crippen molar-refractivity contribution in [2.24, 2.45) is 17.8 Å². The highest BCUT2D eigenvalue weighted by molar-refractivity contribution is 5.92. The van der Waals surface area contributed by atoms with Gasteiger partial charge in [0.15, 0.2) is 5.96 Å². The number of fused-ring (bicyclic) bond motifs is 1. The molecule has 0 bridgehead atoms. The third kappa shape index (κ3) is 2.86. The number of aryl methyl sites for hydroxylation is 1. The first-order valence-corrected chi connectivity index (χ1v) is 6.76. The van der Waals surface area contributed by atoms with Crippen LogP contribution in [0.1, 0.15) is 5.82 Å². The summed E-state index contributed by atoms with van der Waals surface area (Å²) in [7, 11) is 1.99. The molecule has 0 aliphatic carbocycles. The molecule has 0 radical (unpaired) electrons. The van der Waals surface area contributed by atoms with Crippen molar-refractivity contribution >= 4 is 22.7 Å². The van der Waals surface area contributed by atoms with Gasteiger partial charge in [0.05, 0.1) is 11.0 Å². The lowest BCUT2D eigenvalue weighted by molar-refractivity contribution is 0.812. The standard InChI is InChI=1S/C16H17N5/c1-21-14-10-6-5-9-13(14)20-15(21)11-18-16(17)19-12-7-3-2-4-8-12/h2-10H,11H2,1H3,(H3,17,18,19). The molecular weight excluding hydrogens is 262 g/mol. The lowest BCUT2D eigenvalue weighted by atomic mass is 10.3. The summed E-state index contributed by atoms with van der Waals surface area (Å²) >= 11 is 0. The van der Waals surface area contributed by atoms with Crippen molar-refractivity contribution in [3.05, 3.63) is 60.4 Å². The summed E-state index contributed by atoms with van der Waals surface area (Å²) in [5, 5.41) is 3.06. The molecule has 5 heteroatoms. The molecule has 1 heterocycles. The maximum Gasteiger partial charge on any atom is 0.193 e. The van der Waals surface area contributed by atoms with Crippen LogP contribution in [0, 0.1) is 0 Å². The van der Waals surface area contributed by atoms with E-state index in [1.54, 1.807) is 0 Å². The Bertz CT molecular complexity index is 774. The normalized spacial score (nSPS) is 11.8. The van der Waals surface area contributed by atoms with E-state index in [-0.39, 0.29) is 0 Å². The number of nitrogens with zero attached hydrogens (tertiary/aromatic N) is 3. The van der Waals surface area contributed by atoms with Crippen molar-refractivity contribution in [3.8, 4) is 0 Å². The van der Waals surface area contributed by atoms with E-state index >= 15 is 0 Å². The highest BCUT2D eigenvalue weighted by atomic mass is 15.1. The number of nitrogens with two attached hydrogens (primary N) is 1. The summed E-state index contributed by atoms with van der Waals surface area (Å²) < 4.78 is 2.04. The van der Waals surface area contributed by atoms with Crippen LogP contribution in [0.25, 0.3) is 11.0 Å². The van der Waals surface area contributed by atoms with E-state index in [1.165, 1.54) is 0 Å². The van der Waals surface area contributed by atoms with E-state index in [4.69, 9.17) is 5.73 Å². The lowest BCUT2D eigenvalue weighted by Crippen LogP contribution is -2.22. The van der Waals surface area contributed by atoms with Crippen LogP contribution in [-0.4, -0.2) is 15.5 Å². The van der Waals surface area contributed by atoms with Crippen LogP contribution in [0.15, 0.2) is 59.6 Å². The molecule has 0 aliphatic rings. The van der Waals surface area contributed by atoms with Gasteiger partial charge in [0, 0.05) is 12.7 Å². The van der Waals surface area contributed by atoms with E-state index in [0.717, 1.165) is 22.5 Å². The van der Waals surface area contributed by atoms with E-state index in [1.807, 2.05) is 66.2 Å². The molecule has 0 saturated heterocycles. The van der Waals surface area contributed by atoms with Crippen molar-refractivity contribution < 1.29 is 0 Å². The summed E-state index contributed by atoms with van der Waals surface area (Å²) in [4.78, 5) is 8.91. The van der Waals surface area contributed by atoms with Crippen LogP contribution in [0.3, 0.4) is 0 Å². The van der Waals surface area contributed by atoms with Crippen molar-refractivity contribution in [1.29, 1.82) is 0 Å². The van der Waals surface area contributed by atoms with Gasteiger partial charge >= 0.3 is 0 Å². The van der Waals surface area contributed by atoms with E-state index in [0.29, 0.717) is 12.5 Å². The zero-order valence-corrected chi connectivity index (χ0v) is 11.8. The number of para-hydroxylation sites is 3. The molecule has 1 aromatic heterocycles. The number of hydrogen-bond donors (Lipinski definition) is 2. The highest BCUT2D eigenvalue weighted by Gasteiger charge is 2.06. The SMILES string of the molecule is Cn1c(CN=C(N)Nc2ccccc2)nc2ccccc21. The number of benzene rings is 2. The number of rotatable bonds is 3. The lowest BCUT2D eigenvalue weighted by Gasteiger charge is -2.05. The Kier molecular flexibility index (Phi) is 3.55. The number of guanidine groups is 1. The Morgan fingerprint density at radius 2 is 1.86 bits per heavy atom. The van der Waals surface area contributed by atoms with Crippen molar-refractivity contribution in [2.45, 2.75) is 6.54 Å². The Morgan fingerprint density at radius 1 is 1.14 bits per heavy atom. The zero-order valence-electron chi connectivity index (χ0n) is 11.8. The number of nitrogens with one attached hydrogen (secondary N) is 1. The first-order chi connectivity index (χ1) is 10.2. The molecule has 0 saturated carbocycles. The largest absolute Gasteiger partial charge is 0.370 e. The minimum atomic E-state index is 0.383. The molecule has 2 aromatic carbocycles. The second-order valence-corrected chi connectivity index (χ2v) is 4.77. The van der Waals surface area contributed by atoms with Gasteiger partial charge in [0.2, 0.25) is 0 Å². The fourth-order valence-corrected chi connectivity index (χ4v) is 2.20. The molecule has 0 unspecified atom stereocenters. The van der Waals surface area contributed by atoms with Crippen LogP contribution >= 0.6 is 0 Å². The van der Waals surface area contributed by atoms with Crippen LogP contribution in [0.4, 0.5) is 5.69 Å². The fraction of sp³-hybridized carbons (Fsp3) is 0.125. The molecule has 21 heavy (non-hydrogen) atoms. The van der Waals surface area contributed by atoms with Crippen LogP contribution in [0.5, 0.6) is 0 Å². The van der Waals surface area contributed by atoms with E-state index in [2.05, 4.69) is 15.3 Å². The summed E-state index contributed by atoms with van der Waals surface area (Å²) in [6, 6.07) is 17.8. The highest BCUT2D eigenvalue weighted by Crippen LogP contribution is 2.14. The molecule has 0 fully saturated rings. The minimum Gasteiger partial charge on any atom is -0.370 e. The Hall–Kier alpha value is -2.82. The zero-order chi connectivity index (χ0) is 14.7. The molecule has 106 valence electrons. The van der Waals surface area contributed by atoms with Gasteiger partial charge in [-0.15, -0.1) is 0 Å². The maximum absolute atomic E-state index is 5.90. The van der Waals surface area contributed by atoms with Gasteiger partial charge < -0.3 is 15.6 Å². The van der Waals surface area contributed by atoms with Crippen molar-refractivity contribution in [3.63, 3.8) is 0 Å². The molecule has 5 nitrogen and oxygen atoms in total. The maximum atomic E-state index is 5.90. The Balaban J connectivity index is 1.76. The van der Waals surface area contributed by atoms with E-state index < -0.39 is 0 Å². The number of anilines is 1. The topological polar surface area (TPSA) is 68.2 Å². The number of hydrogen-bond acceptors (Lipinski definition) is 2. The predicted octanol–water partition coefficient (Wildman–Crippen LogP) is 2.50. The van der Waals surface area contributed by atoms with Crippen LogP contribution < -0.4 is 11.1 Å². The second-order valence-electron chi connectivity index (χ2n) is 4.77. The van der Waals surface area contributed by atoms with Gasteiger partial charge in [-0.05, 0) is 24.3 Å². The van der Waals surface area contributed by atoms with E-state index in [9.17, 15) is 0 Å². The Morgan fingerprint density at radius 3 is 2.62 bits per heavy atom. The summed E-state index contributed by atoms with van der Waals surface area (Å²) in [5.74, 6) is 1.27. The molecule has 0 atom stereocenters. The molecule has 3 rings (SSSR count). The first-order valence-electron chi connectivity index (χ1n) is 6.76. The minimum absolute atomic E-state index is 0.383. The second kappa shape index (κ2) is 5.66. The first kappa shape index (κ1) is 13.2. The average molecular weight is 279 g/mol. The molecule has 0 amide bonds.